The summed E-state index contributed by atoms with van der Waals surface area (Å²) in [6.45, 7) is 6.79. The molecule has 1 nitrogen and oxygen atoms in total. The van der Waals surface area contributed by atoms with Crippen LogP contribution in [0.1, 0.15) is 33.6 Å². The van der Waals surface area contributed by atoms with E-state index in [1.54, 1.807) is 0 Å². The van der Waals surface area contributed by atoms with Gasteiger partial charge in [-0.2, -0.15) is 0 Å². The highest BCUT2D eigenvalue weighted by molar-refractivity contribution is 5.17. The monoisotopic (exact) mass is 163 g/mol. The Morgan fingerprint density at radius 2 is 2.00 bits per heavy atom. The van der Waals surface area contributed by atoms with Gasteiger partial charge in [-0.25, -0.2) is 0 Å². The third-order valence-electron chi connectivity index (χ3n) is 3.07. The van der Waals surface area contributed by atoms with Crippen LogP contribution in [0, 0.1) is 18.3 Å². The lowest BCUT2D eigenvalue weighted by Gasteiger charge is -2.36. The van der Waals surface area contributed by atoms with Crippen molar-refractivity contribution in [2.45, 2.75) is 51.2 Å². The minimum Gasteiger partial charge on any atom is -0.282 e. The quantitative estimate of drug-likeness (QED) is 0.493. The fourth-order valence-corrected chi connectivity index (χ4v) is 2.57. The predicted octanol–water partition coefficient (Wildman–Crippen LogP) is 1.88. The minimum atomic E-state index is 0.257. The van der Waals surface area contributed by atoms with E-state index in [1.165, 1.54) is 12.8 Å². The molecule has 66 valence electrons. The molecule has 1 aliphatic carbocycles. The van der Waals surface area contributed by atoms with E-state index in [4.69, 9.17) is 6.42 Å². The zero-order valence-electron chi connectivity index (χ0n) is 8.17. The molecule has 0 spiro atoms. The molecular weight excluding hydrogens is 146 g/mol. The highest BCUT2D eigenvalue weighted by atomic mass is 15.3. The second kappa shape index (κ2) is 2.26. The molecule has 2 rings (SSSR count). The molecule has 0 radical (unpaired) electrons. The Morgan fingerprint density at radius 1 is 1.33 bits per heavy atom. The van der Waals surface area contributed by atoms with Crippen molar-refractivity contribution in [1.29, 1.82) is 0 Å². The average Bonchev–Trinajstić information content (AvgIpc) is 2.58. The fourth-order valence-electron chi connectivity index (χ4n) is 2.57. The van der Waals surface area contributed by atoms with Crippen LogP contribution in [0.3, 0.4) is 0 Å². The standard InChI is InChI=1S/C11H17N/c1-5-9-6-8-7-10(8)12(9)11(2,3)4/h1,8-10H,6-7H2,2-4H3. The molecule has 0 aromatic rings. The van der Waals surface area contributed by atoms with Crippen LogP contribution in [0.4, 0.5) is 0 Å². The van der Waals surface area contributed by atoms with E-state index in [9.17, 15) is 0 Å². The molecule has 0 N–H and O–H groups in total. The topological polar surface area (TPSA) is 3.24 Å². The molecule has 1 heterocycles. The first-order valence-electron chi connectivity index (χ1n) is 4.78. The number of piperidine rings is 1. The molecule has 0 aromatic carbocycles. The first-order valence-corrected chi connectivity index (χ1v) is 4.78. The van der Waals surface area contributed by atoms with Gasteiger partial charge in [0, 0.05) is 11.6 Å². The Labute approximate surface area is 75.1 Å². The van der Waals surface area contributed by atoms with E-state index in [2.05, 4.69) is 31.6 Å². The van der Waals surface area contributed by atoms with Crippen LogP contribution in [-0.2, 0) is 0 Å². The summed E-state index contributed by atoms with van der Waals surface area (Å²) in [5.41, 5.74) is 0.257. The van der Waals surface area contributed by atoms with Crippen LogP contribution in [0.2, 0.25) is 0 Å². The number of likely N-dealkylation sites (tertiary alicyclic amines) is 1. The van der Waals surface area contributed by atoms with Crippen LogP contribution in [0.5, 0.6) is 0 Å². The van der Waals surface area contributed by atoms with Gasteiger partial charge in [0.1, 0.15) is 0 Å². The summed E-state index contributed by atoms with van der Waals surface area (Å²) in [6, 6.07) is 1.22. The van der Waals surface area contributed by atoms with Crippen molar-refractivity contribution in [2.75, 3.05) is 0 Å². The van der Waals surface area contributed by atoms with E-state index < -0.39 is 0 Å². The lowest BCUT2D eigenvalue weighted by atomic mass is 10.0. The Hall–Kier alpha value is -0.480. The minimum absolute atomic E-state index is 0.257. The van der Waals surface area contributed by atoms with Crippen LogP contribution < -0.4 is 0 Å². The van der Waals surface area contributed by atoms with Crippen molar-refractivity contribution in [2.24, 2.45) is 5.92 Å². The lowest BCUT2D eigenvalue weighted by molar-refractivity contribution is 0.122. The zero-order valence-corrected chi connectivity index (χ0v) is 8.17. The molecule has 1 saturated heterocycles. The van der Waals surface area contributed by atoms with Gasteiger partial charge < -0.3 is 0 Å². The van der Waals surface area contributed by atoms with Crippen molar-refractivity contribution in [3.05, 3.63) is 0 Å². The van der Waals surface area contributed by atoms with Gasteiger partial charge in [0.05, 0.1) is 6.04 Å². The molecule has 1 aliphatic heterocycles. The Kier molecular flexibility index (Phi) is 1.53. The second-order valence-electron chi connectivity index (χ2n) is 5.06. The van der Waals surface area contributed by atoms with Gasteiger partial charge in [0.25, 0.3) is 0 Å². The van der Waals surface area contributed by atoms with Crippen LogP contribution >= 0.6 is 0 Å². The smallest absolute Gasteiger partial charge is 0.0721 e. The zero-order chi connectivity index (χ0) is 8.93. The molecule has 0 amide bonds. The van der Waals surface area contributed by atoms with Crippen molar-refractivity contribution < 1.29 is 0 Å². The van der Waals surface area contributed by atoms with E-state index >= 15 is 0 Å². The van der Waals surface area contributed by atoms with Gasteiger partial charge in [-0.1, -0.05) is 5.92 Å². The summed E-state index contributed by atoms with van der Waals surface area (Å²) in [5.74, 6) is 3.83. The number of rotatable bonds is 0. The van der Waals surface area contributed by atoms with Crippen LogP contribution in [0.25, 0.3) is 0 Å². The van der Waals surface area contributed by atoms with Crippen molar-refractivity contribution >= 4 is 0 Å². The maximum atomic E-state index is 5.51. The first kappa shape index (κ1) is 8.13. The van der Waals surface area contributed by atoms with Gasteiger partial charge in [-0.15, -0.1) is 6.42 Å². The largest absolute Gasteiger partial charge is 0.282 e. The molecule has 1 heteroatoms. The molecule has 2 fully saturated rings. The van der Waals surface area contributed by atoms with Gasteiger partial charge >= 0.3 is 0 Å². The fraction of sp³-hybridized carbons (Fsp3) is 0.818. The molecule has 0 bridgehead atoms. The van der Waals surface area contributed by atoms with Crippen molar-refractivity contribution in [3.63, 3.8) is 0 Å². The highest BCUT2D eigenvalue weighted by Crippen LogP contribution is 2.50. The Morgan fingerprint density at radius 3 is 2.42 bits per heavy atom. The summed E-state index contributed by atoms with van der Waals surface area (Å²) < 4.78 is 0. The van der Waals surface area contributed by atoms with E-state index in [1.807, 2.05) is 0 Å². The van der Waals surface area contributed by atoms with Gasteiger partial charge in [-0.05, 0) is 39.5 Å². The first-order chi connectivity index (χ1) is 5.54. The summed E-state index contributed by atoms with van der Waals surface area (Å²) in [5, 5.41) is 0. The number of hydrogen-bond acceptors (Lipinski definition) is 1. The normalized spacial score (nSPS) is 40.7. The van der Waals surface area contributed by atoms with Gasteiger partial charge in [0.2, 0.25) is 0 Å². The van der Waals surface area contributed by atoms with E-state index in [0.717, 1.165) is 12.0 Å². The Balaban J connectivity index is 2.17. The summed E-state index contributed by atoms with van der Waals surface area (Å²) in [6.07, 6.45) is 8.13. The van der Waals surface area contributed by atoms with Crippen molar-refractivity contribution in [1.82, 2.24) is 4.90 Å². The third-order valence-corrected chi connectivity index (χ3v) is 3.07. The molecule has 1 saturated carbocycles. The molecular formula is C11H17N. The summed E-state index contributed by atoms with van der Waals surface area (Å²) in [7, 11) is 0. The Bertz CT molecular complexity index is 230. The van der Waals surface area contributed by atoms with Crippen LogP contribution in [-0.4, -0.2) is 22.5 Å². The van der Waals surface area contributed by atoms with Crippen molar-refractivity contribution in [3.8, 4) is 12.3 Å². The van der Waals surface area contributed by atoms with E-state index in [0.29, 0.717) is 6.04 Å². The van der Waals surface area contributed by atoms with Crippen LogP contribution in [0.15, 0.2) is 0 Å². The highest BCUT2D eigenvalue weighted by Gasteiger charge is 2.54. The molecule has 3 unspecified atom stereocenters. The SMILES string of the molecule is C#CC1CC2CC2N1C(C)(C)C. The predicted molar refractivity (Wildman–Crippen MR) is 50.7 cm³/mol. The third kappa shape index (κ3) is 1.06. The number of fused-ring (bicyclic) bond motifs is 1. The number of terminal acetylenes is 1. The van der Waals surface area contributed by atoms with Gasteiger partial charge in [-0.3, -0.25) is 4.90 Å². The maximum Gasteiger partial charge on any atom is 0.0721 e. The summed E-state index contributed by atoms with van der Waals surface area (Å²) in [4.78, 5) is 2.53. The molecule has 0 aromatic heterocycles. The maximum absolute atomic E-state index is 5.51. The molecule has 3 atom stereocenters. The average molecular weight is 163 g/mol. The second-order valence-corrected chi connectivity index (χ2v) is 5.06. The number of hydrogen-bond donors (Lipinski definition) is 0. The number of nitrogens with zero attached hydrogens (tertiary/aromatic N) is 1. The summed E-state index contributed by atoms with van der Waals surface area (Å²) >= 11 is 0. The van der Waals surface area contributed by atoms with E-state index in [-0.39, 0.29) is 5.54 Å². The molecule has 2 aliphatic rings. The van der Waals surface area contributed by atoms with Gasteiger partial charge in [0.15, 0.2) is 0 Å². The lowest BCUT2D eigenvalue weighted by Crippen LogP contribution is -2.46. The molecule has 12 heavy (non-hydrogen) atoms.